The van der Waals surface area contributed by atoms with Gasteiger partial charge in [-0.25, -0.2) is 4.79 Å². The molecule has 7 heteroatoms. The Morgan fingerprint density at radius 2 is 2.21 bits per heavy atom. The maximum atomic E-state index is 11.2. The maximum absolute atomic E-state index is 11.2. The van der Waals surface area contributed by atoms with Crippen molar-refractivity contribution >= 4 is 17.0 Å². The lowest BCUT2D eigenvalue weighted by molar-refractivity contribution is -0.0444. The molecule has 0 radical (unpaired) electrons. The quantitative estimate of drug-likeness (QED) is 0.698. The zero-order chi connectivity index (χ0) is 20.3. The summed E-state index contributed by atoms with van der Waals surface area (Å²) in [4.78, 5) is 15.6. The summed E-state index contributed by atoms with van der Waals surface area (Å²) < 4.78 is 5.35. The number of carboxylic acid groups (broad SMARTS) is 1. The molecule has 3 aliphatic heterocycles. The molecule has 3 saturated heterocycles. The van der Waals surface area contributed by atoms with Crippen molar-refractivity contribution in [2.24, 2.45) is 17.6 Å². The van der Waals surface area contributed by atoms with E-state index < -0.39 is 12.2 Å². The van der Waals surface area contributed by atoms with E-state index in [4.69, 9.17) is 14.6 Å². The third-order valence-electron chi connectivity index (χ3n) is 5.82. The number of primary amides is 1. The lowest BCUT2D eigenvalue weighted by Crippen LogP contribution is -2.54. The lowest BCUT2D eigenvalue weighted by Gasteiger charge is -2.50. The van der Waals surface area contributed by atoms with Gasteiger partial charge in [0.05, 0.1) is 18.7 Å². The van der Waals surface area contributed by atoms with Crippen LogP contribution in [0.25, 0.3) is 10.9 Å². The van der Waals surface area contributed by atoms with Crippen LogP contribution in [-0.4, -0.2) is 52.4 Å². The molecular weight excluding hydrogens is 358 g/mol. The third-order valence-corrected chi connectivity index (χ3v) is 5.82. The number of benzene rings is 1. The Labute approximate surface area is 164 Å². The zero-order valence-electron chi connectivity index (χ0n) is 16.0. The minimum absolute atomic E-state index is 0.178. The van der Waals surface area contributed by atoms with Crippen molar-refractivity contribution in [1.29, 1.82) is 0 Å². The molecule has 0 aliphatic carbocycles. The predicted molar refractivity (Wildman–Crippen MR) is 107 cm³/mol. The number of aliphatic hydroxyl groups is 1. The average molecular weight is 385 g/mol. The second kappa shape index (κ2) is 8.58. The van der Waals surface area contributed by atoms with Gasteiger partial charge in [-0.1, -0.05) is 6.08 Å². The topological polar surface area (TPSA) is 109 Å². The Morgan fingerprint density at radius 3 is 2.82 bits per heavy atom. The minimum atomic E-state index is -1.33. The first-order chi connectivity index (χ1) is 13.4. The third kappa shape index (κ3) is 4.10. The molecule has 1 aromatic carbocycles. The SMILES string of the molecule is C=C[C@H]1C[N@]2CC[C@H]1C[C@H]2[C@H](O)c1ccnc2ccc(OC)cc12.NC(=O)O. The van der Waals surface area contributed by atoms with E-state index in [1.807, 2.05) is 24.3 Å². The number of nitrogens with two attached hydrogens (primary N) is 1. The van der Waals surface area contributed by atoms with Crippen molar-refractivity contribution in [2.75, 3.05) is 20.2 Å². The van der Waals surface area contributed by atoms with E-state index in [9.17, 15) is 5.11 Å². The molecule has 1 aromatic heterocycles. The van der Waals surface area contributed by atoms with E-state index in [-0.39, 0.29) is 6.04 Å². The fraction of sp³-hybridized carbons (Fsp3) is 0.429. The molecule has 28 heavy (non-hydrogen) atoms. The van der Waals surface area contributed by atoms with Gasteiger partial charge < -0.3 is 20.7 Å². The van der Waals surface area contributed by atoms with Gasteiger partial charge in [0, 0.05) is 24.2 Å². The number of fused-ring (bicyclic) bond motifs is 4. The highest BCUT2D eigenvalue weighted by molar-refractivity contribution is 5.83. The summed E-state index contributed by atoms with van der Waals surface area (Å²) in [6, 6.07) is 7.96. The largest absolute Gasteiger partial charge is 0.497 e. The van der Waals surface area contributed by atoms with Crippen molar-refractivity contribution in [3.05, 3.63) is 48.7 Å². The van der Waals surface area contributed by atoms with E-state index in [1.165, 1.54) is 6.42 Å². The number of methoxy groups -OCH3 is 1. The van der Waals surface area contributed by atoms with E-state index >= 15 is 0 Å². The molecule has 4 N–H and O–H groups in total. The first kappa shape index (κ1) is 20.1. The van der Waals surface area contributed by atoms with Crippen LogP contribution in [0.15, 0.2) is 43.1 Å². The first-order valence-corrected chi connectivity index (χ1v) is 9.40. The molecule has 1 amide bonds. The molecule has 3 fully saturated rings. The van der Waals surface area contributed by atoms with Crippen LogP contribution in [0.5, 0.6) is 5.75 Å². The van der Waals surface area contributed by atoms with Crippen molar-refractivity contribution in [1.82, 2.24) is 9.88 Å². The number of piperidine rings is 3. The van der Waals surface area contributed by atoms with E-state index in [0.717, 1.165) is 41.7 Å². The normalized spacial score (nSPS) is 26.8. The number of pyridine rings is 1. The summed E-state index contributed by atoms with van der Waals surface area (Å²) in [5, 5.41) is 19.3. The van der Waals surface area contributed by atoms with Gasteiger partial charge in [-0.15, -0.1) is 6.58 Å². The van der Waals surface area contributed by atoms with Gasteiger partial charge in [0.2, 0.25) is 0 Å². The number of hydrogen-bond acceptors (Lipinski definition) is 5. The summed E-state index contributed by atoms with van der Waals surface area (Å²) in [5.41, 5.74) is 5.87. The number of carbonyl (C=O) groups is 1. The van der Waals surface area contributed by atoms with Crippen molar-refractivity contribution in [3.63, 3.8) is 0 Å². The maximum Gasteiger partial charge on any atom is 0.402 e. The standard InChI is InChI=1S/C20H24N2O2.CH3NO2/c1-3-13-12-22-9-7-14(13)10-19(22)20(23)16-6-8-21-18-5-4-15(24-2)11-17(16)18;2-1(3)4/h3-6,8,11,13-14,19-20,23H,1,7,9-10,12H2,2H3;2H2,(H,3,4)/t13-,14-,19-,20+;/m0./s1. The summed E-state index contributed by atoms with van der Waals surface area (Å²) in [6.07, 6.45) is 4.29. The number of hydrogen-bond donors (Lipinski definition) is 3. The molecule has 0 spiro atoms. The molecule has 0 unspecified atom stereocenters. The fourth-order valence-electron chi connectivity index (χ4n) is 4.44. The van der Waals surface area contributed by atoms with Crippen LogP contribution in [0.3, 0.4) is 0 Å². The average Bonchev–Trinajstić information content (AvgIpc) is 2.72. The van der Waals surface area contributed by atoms with Gasteiger partial charge in [-0.3, -0.25) is 9.88 Å². The van der Waals surface area contributed by atoms with Gasteiger partial charge in [-0.2, -0.15) is 0 Å². The number of ether oxygens (including phenoxy) is 1. The van der Waals surface area contributed by atoms with Crippen LogP contribution in [-0.2, 0) is 0 Å². The highest BCUT2D eigenvalue weighted by Crippen LogP contribution is 2.42. The molecule has 0 saturated carbocycles. The molecule has 5 atom stereocenters. The summed E-state index contributed by atoms with van der Waals surface area (Å²) in [6.45, 7) is 6.07. The van der Waals surface area contributed by atoms with Crippen molar-refractivity contribution in [2.45, 2.75) is 25.0 Å². The highest BCUT2D eigenvalue weighted by Gasteiger charge is 2.42. The molecule has 2 bridgehead atoms. The van der Waals surface area contributed by atoms with Gasteiger partial charge in [-0.05, 0) is 61.1 Å². The first-order valence-electron chi connectivity index (χ1n) is 9.40. The van der Waals surface area contributed by atoms with Crippen LogP contribution in [0.2, 0.25) is 0 Å². The summed E-state index contributed by atoms with van der Waals surface area (Å²) >= 11 is 0. The number of rotatable bonds is 4. The number of amides is 1. The summed E-state index contributed by atoms with van der Waals surface area (Å²) in [5.74, 6) is 2.01. The summed E-state index contributed by atoms with van der Waals surface area (Å²) in [7, 11) is 1.66. The smallest absolute Gasteiger partial charge is 0.402 e. The Kier molecular flexibility index (Phi) is 6.16. The van der Waals surface area contributed by atoms with Gasteiger partial charge in [0.25, 0.3) is 0 Å². The monoisotopic (exact) mass is 385 g/mol. The lowest BCUT2D eigenvalue weighted by atomic mass is 9.73. The fourth-order valence-corrected chi connectivity index (χ4v) is 4.44. The van der Waals surface area contributed by atoms with E-state index in [2.05, 4.69) is 28.3 Å². The van der Waals surface area contributed by atoms with Crippen LogP contribution in [0.4, 0.5) is 4.79 Å². The second-order valence-corrected chi connectivity index (χ2v) is 7.31. The van der Waals surface area contributed by atoms with Gasteiger partial charge >= 0.3 is 6.09 Å². The molecular formula is C21H27N3O4. The Balaban J connectivity index is 0.000000516. The van der Waals surface area contributed by atoms with E-state index in [1.54, 1.807) is 13.3 Å². The van der Waals surface area contributed by atoms with Crippen LogP contribution < -0.4 is 10.5 Å². The number of aromatic nitrogens is 1. The van der Waals surface area contributed by atoms with Gasteiger partial charge in [0.1, 0.15) is 5.75 Å². The molecule has 150 valence electrons. The number of nitrogens with zero attached hydrogens (tertiary/aromatic N) is 2. The Bertz CT molecular complexity index is 853. The zero-order valence-corrected chi connectivity index (χ0v) is 16.0. The van der Waals surface area contributed by atoms with Crippen LogP contribution in [0.1, 0.15) is 24.5 Å². The molecule has 7 nitrogen and oxygen atoms in total. The number of aliphatic hydroxyl groups excluding tert-OH is 1. The van der Waals surface area contributed by atoms with Crippen LogP contribution in [0, 0.1) is 11.8 Å². The molecule has 5 rings (SSSR count). The molecule has 4 heterocycles. The van der Waals surface area contributed by atoms with Crippen LogP contribution >= 0.6 is 0 Å². The minimum Gasteiger partial charge on any atom is -0.497 e. The molecule has 3 aliphatic rings. The van der Waals surface area contributed by atoms with Gasteiger partial charge in [0.15, 0.2) is 0 Å². The van der Waals surface area contributed by atoms with E-state index in [0.29, 0.717) is 11.8 Å². The predicted octanol–water partition coefficient (Wildman–Crippen LogP) is 2.80. The Morgan fingerprint density at radius 1 is 1.46 bits per heavy atom. The van der Waals surface area contributed by atoms with Crippen molar-refractivity contribution in [3.8, 4) is 5.75 Å². The highest BCUT2D eigenvalue weighted by atomic mass is 16.5. The Hall–Kier alpha value is -2.64. The van der Waals surface area contributed by atoms with Crippen molar-refractivity contribution < 1.29 is 19.7 Å². The second-order valence-electron chi connectivity index (χ2n) is 7.31. The molecule has 2 aromatic rings.